The van der Waals surface area contributed by atoms with Crippen LogP contribution in [0.25, 0.3) is 20.3 Å². The summed E-state index contributed by atoms with van der Waals surface area (Å²) in [5.41, 5.74) is 8.17. The molecule has 0 bridgehead atoms. The van der Waals surface area contributed by atoms with Crippen LogP contribution in [0.5, 0.6) is 0 Å². The Bertz CT molecular complexity index is 701. The maximum atomic E-state index is 5.88. The monoisotopic (exact) mass is 259 g/mol. The van der Waals surface area contributed by atoms with Gasteiger partial charge in [-0.3, -0.25) is 0 Å². The van der Waals surface area contributed by atoms with Crippen LogP contribution in [0.2, 0.25) is 0 Å². The van der Waals surface area contributed by atoms with Gasteiger partial charge in [0.15, 0.2) is 0 Å². The van der Waals surface area contributed by atoms with Crippen LogP contribution >= 0.6 is 11.3 Å². The number of nitrogens with two attached hydrogens (primary N) is 1. The van der Waals surface area contributed by atoms with E-state index < -0.39 is 0 Å². The first-order valence-corrected chi connectivity index (χ1v) is 6.89. The van der Waals surface area contributed by atoms with Crippen molar-refractivity contribution in [3.05, 3.63) is 29.6 Å². The van der Waals surface area contributed by atoms with Crippen LogP contribution in [0.3, 0.4) is 0 Å². The van der Waals surface area contributed by atoms with Crippen molar-refractivity contribution < 1.29 is 0 Å². The van der Waals surface area contributed by atoms with E-state index in [-0.39, 0.29) is 0 Å². The number of anilines is 1. The van der Waals surface area contributed by atoms with Crippen molar-refractivity contribution in [2.75, 3.05) is 5.73 Å². The van der Waals surface area contributed by atoms with Crippen LogP contribution in [0.1, 0.15) is 25.1 Å². The van der Waals surface area contributed by atoms with Gasteiger partial charge < -0.3 is 5.73 Å². The third-order valence-electron chi connectivity index (χ3n) is 2.71. The molecular formula is C14H17N3S. The summed E-state index contributed by atoms with van der Waals surface area (Å²) in [6, 6.07) is 4.11. The Labute approximate surface area is 111 Å². The summed E-state index contributed by atoms with van der Waals surface area (Å²) in [7, 11) is 0. The number of aromatic nitrogens is 2. The maximum absolute atomic E-state index is 5.88. The lowest BCUT2D eigenvalue weighted by molar-refractivity contribution is 1.25. The summed E-state index contributed by atoms with van der Waals surface area (Å²) in [5, 5.41) is 2.37. The van der Waals surface area contributed by atoms with E-state index in [0.717, 1.165) is 20.6 Å². The van der Waals surface area contributed by atoms with E-state index in [2.05, 4.69) is 23.0 Å². The zero-order valence-corrected chi connectivity index (χ0v) is 11.9. The Morgan fingerprint density at radius 2 is 1.94 bits per heavy atom. The molecule has 3 rings (SSSR count). The second kappa shape index (κ2) is 4.90. The number of hydrogen-bond acceptors (Lipinski definition) is 4. The summed E-state index contributed by atoms with van der Waals surface area (Å²) in [6.45, 7) is 8.12. The lowest BCUT2D eigenvalue weighted by atomic mass is 10.1. The Kier molecular flexibility index (Phi) is 3.48. The molecule has 0 fully saturated rings. The Morgan fingerprint density at radius 1 is 1.22 bits per heavy atom. The number of pyridine rings is 2. The second-order valence-corrected chi connectivity index (χ2v) is 4.93. The van der Waals surface area contributed by atoms with Gasteiger partial charge in [-0.25, -0.2) is 9.97 Å². The molecule has 0 radical (unpaired) electrons. The van der Waals surface area contributed by atoms with Gasteiger partial charge in [0.2, 0.25) is 0 Å². The lowest BCUT2D eigenvalue weighted by Gasteiger charge is -1.98. The van der Waals surface area contributed by atoms with Crippen LogP contribution in [0.15, 0.2) is 18.3 Å². The predicted molar refractivity (Wildman–Crippen MR) is 80.2 cm³/mol. The molecule has 3 nitrogen and oxygen atoms in total. The zero-order chi connectivity index (χ0) is 13.3. The fourth-order valence-corrected chi connectivity index (χ4v) is 3.26. The van der Waals surface area contributed by atoms with Crippen molar-refractivity contribution in [1.82, 2.24) is 9.97 Å². The first-order chi connectivity index (χ1) is 8.66. The predicted octanol–water partition coefficient (Wildman–Crippen LogP) is 4.07. The molecule has 0 saturated heterocycles. The number of nitrogens with zero attached hydrogens (tertiary/aromatic N) is 2. The van der Waals surface area contributed by atoms with Gasteiger partial charge in [-0.05, 0) is 31.5 Å². The molecule has 0 spiro atoms. The Hall–Kier alpha value is -1.68. The molecule has 0 unspecified atom stereocenters. The molecule has 0 aliphatic carbocycles. The van der Waals surface area contributed by atoms with E-state index in [0.29, 0.717) is 5.82 Å². The van der Waals surface area contributed by atoms with Crippen molar-refractivity contribution in [3.63, 3.8) is 0 Å². The fraction of sp³-hybridized carbons (Fsp3) is 0.286. The summed E-state index contributed by atoms with van der Waals surface area (Å²) >= 11 is 1.62. The second-order valence-electron chi connectivity index (χ2n) is 3.94. The van der Waals surface area contributed by atoms with Crippen LogP contribution in [0, 0.1) is 13.8 Å². The van der Waals surface area contributed by atoms with E-state index in [1.54, 1.807) is 17.5 Å². The number of rotatable bonds is 0. The largest absolute Gasteiger partial charge is 0.383 e. The minimum absolute atomic E-state index is 0.595. The third-order valence-corrected chi connectivity index (χ3v) is 3.83. The van der Waals surface area contributed by atoms with Crippen molar-refractivity contribution in [2.45, 2.75) is 27.7 Å². The minimum Gasteiger partial charge on any atom is -0.383 e. The van der Waals surface area contributed by atoms with Gasteiger partial charge in [-0.15, -0.1) is 11.3 Å². The molecule has 0 amide bonds. The number of thiophene rings is 1. The van der Waals surface area contributed by atoms with Crippen LogP contribution in [0.4, 0.5) is 5.82 Å². The highest BCUT2D eigenvalue weighted by Crippen LogP contribution is 2.36. The minimum atomic E-state index is 0.595. The molecule has 0 aliphatic rings. The van der Waals surface area contributed by atoms with Crippen LogP contribution in [-0.4, -0.2) is 9.97 Å². The highest BCUT2D eigenvalue weighted by atomic mass is 32.1. The first kappa shape index (κ1) is 12.8. The van der Waals surface area contributed by atoms with E-state index in [9.17, 15) is 0 Å². The molecule has 0 aliphatic heterocycles. The van der Waals surface area contributed by atoms with E-state index in [1.165, 1.54) is 10.9 Å². The molecule has 0 saturated carbocycles. The van der Waals surface area contributed by atoms with E-state index in [1.807, 2.05) is 26.8 Å². The summed E-state index contributed by atoms with van der Waals surface area (Å²) in [6.07, 6.45) is 1.75. The Morgan fingerprint density at radius 3 is 2.67 bits per heavy atom. The van der Waals surface area contributed by atoms with Gasteiger partial charge in [0.1, 0.15) is 10.6 Å². The normalized spacial score (nSPS) is 10.4. The number of nitrogen functional groups attached to an aromatic ring is 1. The highest BCUT2D eigenvalue weighted by molar-refractivity contribution is 7.26. The van der Waals surface area contributed by atoms with E-state index in [4.69, 9.17) is 5.73 Å². The van der Waals surface area contributed by atoms with Gasteiger partial charge in [0.25, 0.3) is 0 Å². The topological polar surface area (TPSA) is 51.8 Å². The molecular weight excluding hydrogens is 242 g/mol. The number of fused-ring (bicyclic) bond motifs is 3. The van der Waals surface area contributed by atoms with Crippen molar-refractivity contribution in [2.24, 2.45) is 0 Å². The first-order valence-electron chi connectivity index (χ1n) is 6.08. The highest BCUT2D eigenvalue weighted by Gasteiger charge is 2.11. The zero-order valence-electron chi connectivity index (χ0n) is 11.1. The SMILES string of the molecule is CC.Cc1cc(C)c2c(n1)sc1c(N)nccc12. The summed E-state index contributed by atoms with van der Waals surface area (Å²) in [4.78, 5) is 9.71. The molecule has 3 aromatic rings. The van der Waals surface area contributed by atoms with Crippen molar-refractivity contribution in [3.8, 4) is 0 Å². The van der Waals surface area contributed by atoms with Gasteiger partial charge in [-0.1, -0.05) is 13.8 Å². The summed E-state index contributed by atoms with van der Waals surface area (Å²) < 4.78 is 1.04. The average molecular weight is 259 g/mol. The smallest absolute Gasteiger partial charge is 0.141 e. The fourth-order valence-electron chi connectivity index (χ4n) is 2.07. The van der Waals surface area contributed by atoms with Crippen molar-refractivity contribution >= 4 is 37.5 Å². The lowest BCUT2D eigenvalue weighted by Crippen LogP contribution is -1.87. The molecule has 0 aromatic carbocycles. The number of hydrogen-bond donors (Lipinski definition) is 1. The van der Waals surface area contributed by atoms with Gasteiger partial charge >= 0.3 is 0 Å². The third kappa shape index (κ3) is 1.93. The molecule has 4 heteroatoms. The molecule has 94 valence electrons. The standard InChI is InChI=1S/C12H11N3S.C2H6/c1-6-5-7(2)15-12-9(6)8-3-4-14-11(13)10(8)16-12;1-2/h3-5H,1-2H3,(H2,13,14);1-2H3. The summed E-state index contributed by atoms with van der Waals surface area (Å²) in [5.74, 6) is 0.595. The van der Waals surface area contributed by atoms with Gasteiger partial charge in [0, 0.05) is 22.7 Å². The van der Waals surface area contributed by atoms with Gasteiger partial charge in [0.05, 0.1) is 4.70 Å². The molecule has 0 atom stereocenters. The molecule has 18 heavy (non-hydrogen) atoms. The van der Waals surface area contributed by atoms with Crippen LogP contribution < -0.4 is 5.73 Å². The number of aryl methyl sites for hydroxylation is 2. The molecule has 3 aromatic heterocycles. The van der Waals surface area contributed by atoms with Gasteiger partial charge in [-0.2, -0.15) is 0 Å². The molecule has 3 heterocycles. The van der Waals surface area contributed by atoms with E-state index >= 15 is 0 Å². The maximum Gasteiger partial charge on any atom is 0.141 e. The van der Waals surface area contributed by atoms with Crippen molar-refractivity contribution in [1.29, 1.82) is 0 Å². The quantitative estimate of drug-likeness (QED) is 0.662. The van der Waals surface area contributed by atoms with Crippen LogP contribution in [-0.2, 0) is 0 Å². The average Bonchev–Trinajstić information content (AvgIpc) is 2.71. The molecule has 2 N–H and O–H groups in total. The Balaban J connectivity index is 0.000000574.